The van der Waals surface area contributed by atoms with Gasteiger partial charge in [0.2, 0.25) is 11.8 Å². The zero-order valence-corrected chi connectivity index (χ0v) is 19.4. The number of methoxy groups -OCH3 is 1. The first kappa shape index (κ1) is 23.1. The van der Waals surface area contributed by atoms with Gasteiger partial charge in [-0.25, -0.2) is 0 Å². The summed E-state index contributed by atoms with van der Waals surface area (Å²) >= 11 is 0. The van der Waals surface area contributed by atoms with E-state index in [1.807, 2.05) is 18.2 Å². The number of benzene rings is 2. The molecule has 176 valence electrons. The lowest BCUT2D eigenvalue weighted by Crippen LogP contribution is -2.33. The second-order valence-electron chi connectivity index (χ2n) is 8.46. The summed E-state index contributed by atoms with van der Waals surface area (Å²) < 4.78 is 17.0. The molecule has 7 nitrogen and oxygen atoms in total. The van der Waals surface area contributed by atoms with Crippen LogP contribution in [0.15, 0.2) is 36.4 Å². The number of carbonyl (C=O) groups excluding carboxylic acids is 2. The van der Waals surface area contributed by atoms with E-state index in [1.54, 1.807) is 7.11 Å². The number of hydrogen-bond donors (Lipinski definition) is 1. The fraction of sp³-hybridized carbons (Fsp3) is 0.462. The van der Waals surface area contributed by atoms with Crippen molar-refractivity contribution >= 4 is 11.8 Å². The predicted molar refractivity (Wildman–Crippen MR) is 125 cm³/mol. The molecule has 33 heavy (non-hydrogen) atoms. The molecule has 0 saturated carbocycles. The maximum Gasteiger partial charge on any atom is 0.229 e. The fourth-order valence-corrected chi connectivity index (χ4v) is 4.40. The van der Waals surface area contributed by atoms with Crippen molar-refractivity contribution in [1.29, 1.82) is 0 Å². The Kier molecular flexibility index (Phi) is 7.50. The van der Waals surface area contributed by atoms with E-state index in [0.29, 0.717) is 30.9 Å². The molecule has 0 spiro atoms. The third-order valence-electron chi connectivity index (χ3n) is 6.20. The monoisotopic (exact) mass is 452 g/mol. The minimum atomic E-state index is -0.130. The van der Waals surface area contributed by atoms with Gasteiger partial charge in [-0.15, -0.1) is 0 Å². The van der Waals surface area contributed by atoms with Crippen LogP contribution in [0.3, 0.4) is 0 Å². The summed E-state index contributed by atoms with van der Waals surface area (Å²) in [5.41, 5.74) is 3.67. The van der Waals surface area contributed by atoms with Crippen LogP contribution in [0.25, 0.3) is 0 Å². The van der Waals surface area contributed by atoms with E-state index >= 15 is 0 Å². The summed E-state index contributed by atoms with van der Waals surface area (Å²) in [7, 11) is 1.61. The van der Waals surface area contributed by atoms with Gasteiger partial charge in [0.05, 0.1) is 20.3 Å². The van der Waals surface area contributed by atoms with Crippen molar-refractivity contribution in [2.75, 3.05) is 26.9 Å². The molecule has 1 saturated heterocycles. The van der Waals surface area contributed by atoms with Gasteiger partial charge in [0.25, 0.3) is 0 Å². The summed E-state index contributed by atoms with van der Waals surface area (Å²) in [4.78, 5) is 24.7. The number of likely N-dealkylation sites (tertiary alicyclic amines) is 1. The highest BCUT2D eigenvalue weighted by Crippen LogP contribution is 2.31. The van der Waals surface area contributed by atoms with Crippen LogP contribution in [0.1, 0.15) is 55.3 Å². The molecule has 2 amide bonds. The Bertz CT molecular complexity index is 990. The number of amides is 2. The first-order valence-electron chi connectivity index (χ1n) is 11.7. The average molecular weight is 453 g/mol. The number of ether oxygens (including phenoxy) is 3. The van der Waals surface area contributed by atoms with Crippen molar-refractivity contribution in [3.8, 4) is 17.2 Å². The lowest BCUT2D eigenvalue weighted by molar-refractivity contribution is -0.138. The molecule has 0 bridgehead atoms. The van der Waals surface area contributed by atoms with Crippen molar-refractivity contribution in [2.24, 2.45) is 0 Å². The summed E-state index contributed by atoms with van der Waals surface area (Å²) in [6.45, 7) is 4.17. The van der Waals surface area contributed by atoms with E-state index in [0.717, 1.165) is 37.2 Å². The van der Waals surface area contributed by atoms with E-state index in [2.05, 4.69) is 30.4 Å². The minimum Gasteiger partial charge on any atom is -0.493 e. The van der Waals surface area contributed by atoms with E-state index in [-0.39, 0.29) is 31.0 Å². The molecule has 2 aromatic carbocycles. The highest BCUT2D eigenvalue weighted by molar-refractivity contribution is 6.01. The molecule has 2 aromatic rings. The van der Waals surface area contributed by atoms with Crippen LogP contribution in [0, 0.1) is 0 Å². The molecule has 1 N–H and O–H groups in total. The molecular formula is C26H32N2O5. The van der Waals surface area contributed by atoms with Gasteiger partial charge in [-0.1, -0.05) is 31.5 Å². The Morgan fingerprint density at radius 1 is 1.06 bits per heavy atom. The third-order valence-corrected chi connectivity index (χ3v) is 6.20. The normalized spacial score (nSPS) is 16.0. The van der Waals surface area contributed by atoms with Crippen molar-refractivity contribution in [2.45, 2.75) is 51.6 Å². The standard InChI is InChI=1S/C26H32N2O5/c1-3-4-21(19-6-8-22-20(16-19)11-13-32-22)27-17-18-5-7-23(24(15-18)31-2)33-14-12-28-25(29)9-10-26(28)30/h5-8,15-16,21,27H,3-4,9-14,17H2,1-2H3. The highest BCUT2D eigenvalue weighted by atomic mass is 16.5. The van der Waals surface area contributed by atoms with E-state index in [9.17, 15) is 9.59 Å². The molecule has 0 aromatic heterocycles. The van der Waals surface area contributed by atoms with Gasteiger partial charge in [0.15, 0.2) is 11.5 Å². The fourth-order valence-electron chi connectivity index (χ4n) is 4.40. The second kappa shape index (κ2) is 10.7. The van der Waals surface area contributed by atoms with Gasteiger partial charge < -0.3 is 19.5 Å². The molecule has 2 heterocycles. The molecule has 1 unspecified atom stereocenters. The Balaban J connectivity index is 1.36. The number of rotatable bonds is 11. The van der Waals surface area contributed by atoms with E-state index in [4.69, 9.17) is 14.2 Å². The quantitative estimate of drug-likeness (QED) is 0.523. The molecule has 2 aliphatic rings. The smallest absolute Gasteiger partial charge is 0.229 e. The Morgan fingerprint density at radius 2 is 1.88 bits per heavy atom. The van der Waals surface area contributed by atoms with Crippen molar-refractivity contribution in [1.82, 2.24) is 10.2 Å². The molecule has 4 rings (SSSR count). The number of fused-ring (bicyclic) bond motifs is 1. The summed E-state index contributed by atoms with van der Waals surface area (Å²) in [5, 5.41) is 3.69. The summed E-state index contributed by atoms with van der Waals surface area (Å²) in [5.74, 6) is 1.98. The zero-order chi connectivity index (χ0) is 23.2. The van der Waals surface area contributed by atoms with E-state index in [1.165, 1.54) is 16.0 Å². The molecule has 1 atom stereocenters. The SMILES string of the molecule is CCCC(NCc1ccc(OCCN2C(=O)CCC2=O)c(OC)c1)c1ccc2c(c1)CCO2. The second-order valence-corrected chi connectivity index (χ2v) is 8.46. The Labute approximate surface area is 195 Å². The van der Waals surface area contributed by atoms with Crippen molar-refractivity contribution in [3.05, 3.63) is 53.1 Å². The van der Waals surface area contributed by atoms with E-state index < -0.39 is 0 Å². The number of nitrogens with zero attached hydrogens (tertiary/aromatic N) is 1. The topological polar surface area (TPSA) is 77.1 Å². The van der Waals surface area contributed by atoms with Gasteiger partial charge in [0.1, 0.15) is 12.4 Å². The molecule has 1 fully saturated rings. The van der Waals surface area contributed by atoms with Crippen LogP contribution in [0.2, 0.25) is 0 Å². The van der Waals surface area contributed by atoms with Gasteiger partial charge in [-0.05, 0) is 41.3 Å². The molecule has 2 aliphatic heterocycles. The van der Waals surface area contributed by atoms with Gasteiger partial charge in [-0.2, -0.15) is 0 Å². The van der Waals surface area contributed by atoms with Crippen LogP contribution >= 0.6 is 0 Å². The lowest BCUT2D eigenvalue weighted by atomic mass is 9.99. The van der Waals surface area contributed by atoms with Crippen molar-refractivity contribution in [3.63, 3.8) is 0 Å². The Hall–Kier alpha value is -3.06. The van der Waals surface area contributed by atoms with Crippen LogP contribution in [0.4, 0.5) is 0 Å². The highest BCUT2D eigenvalue weighted by Gasteiger charge is 2.28. The number of imide groups is 1. The molecule has 0 radical (unpaired) electrons. The first-order chi connectivity index (χ1) is 16.1. The minimum absolute atomic E-state index is 0.130. The lowest BCUT2D eigenvalue weighted by Gasteiger charge is -2.20. The summed E-state index contributed by atoms with van der Waals surface area (Å²) in [6.07, 6.45) is 3.69. The number of carbonyl (C=O) groups is 2. The van der Waals surface area contributed by atoms with Crippen LogP contribution in [-0.2, 0) is 22.6 Å². The van der Waals surface area contributed by atoms with Gasteiger partial charge in [-0.3, -0.25) is 14.5 Å². The maximum absolute atomic E-state index is 11.7. The van der Waals surface area contributed by atoms with Crippen LogP contribution in [0.5, 0.6) is 17.2 Å². The van der Waals surface area contributed by atoms with Crippen molar-refractivity contribution < 1.29 is 23.8 Å². The van der Waals surface area contributed by atoms with Gasteiger partial charge >= 0.3 is 0 Å². The first-order valence-corrected chi connectivity index (χ1v) is 11.7. The molecule has 7 heteroatoms. The third kappa shape index (κ3) is 5.47. The summed E-state index contributed by atoms with van der Waals surface area (Å²) in [6, 6.07) is 12.6. The number of hydrogen-bond acceptors (Lipinski definition) is 6. The number of nitrogens with one attached hydrogen (secondary N) is 1. The largest absolute Gasteiger partial charge is 0.493 e. The maximum atomic E-state index is 11.7. The van der Waals surface area contributed by atoms with Crippen LogP contribution in [-0.4, -0.2) is 43.6 Å². The van der Waals surface area contributed by atoms with Gasteiger partial charge in [0, 0.05) is 31.8 Å². The Morgan fingerprint density at radius 3 is 2.64 bits per heavy atom. The predicted octanol–water partition coefficient (Wildman–Crippen LogP) is 3.79. The molecular weight excluding hydrogens is 420 g/mol. The van der Waals surface area contributed by atoms with Crippen LogP contribution < -0.4 is 19.5 Å². The zero-order valence-electron chi connectivity index (χ0n) is 19.4. The molecule has 0 aliphatic carbocycles. The average Bonchev–Trinajstić information content (AvgIpc) is 3.43.